The number of rotatable bonds is 3. The number of aromatic nitrogens is 2. The highest BCUT2D eigenvalue weighted by Gasteiger charge is 2.24. The van der Waals surface area contributed by atoms with Gasteiger partial charge in [-0.25, -0.2) is 4.68 Å². The standard InChI is InChI=1S/C22H17N3O2S2/c1-13-9-15-10-14(7-8-18(15)27-13)20-16(11-19-21(26)23-22(28)29-19)12-25(24-20)17-5-3-2-4-6-17/h2-8,10-13H,9H2,1H3,(H,23,26,28)/b19-11-. The van der Waals surface area contributed by atoms with Gasteiger partial charge in [0.1, 0.15) is 21.9 Å². The van der Waals surface area contributed by atoms with Gasteiger partial charge in [-0.1, -0.05) is 42.2 Å². The molecule has 0 bridgehead atoms. The maximum absolute atomic E-state index is 12.2. The van der Waals surface area contributed by atoms with Crippen LogP contribution in [0.4, 0.5) is 0 Å². The van der Waals surface area contributed by atoms with Gasteiger partial charge in [-0.3, -0.25) is 4.79 Å². The van der Waals surface area contributed by atoms with Crippen LogP contribution < -0.4 is 10.1 Å². The van der Waals surface area contributed by atoms with Gasteiger partial charge >= 0.3 is 0 Å². The molecule has 1 N–H and O–H groups in total. The van der Waals surface area contributed by atoms with Crippen molar-refractivity contribution in [3.8, 4) is 22.7 Å². The first-order chi connectivity index (χ1) is 14.1. The number of thioether (sulfide) groups is 1. The van der Waals surface area contributed by atoms with Crippen LogP contribution in [0.3, 0.4) is 0 Å². The zero-order valence-electron chi connectivity index (χ0n) is 15.6. The van der Waals surface area contributed by atoms with Crippen LogP contribution in [-0.4, -0.2) is 26.1 Å². The molecule has 1 amide bonds. The fraction of sp³-hybridized carbons (Fsp3) is 0.136. The van der Waals surface area contributed by atoms with Crippen LogP contribution in [0.5, 0.6) is 5.75 Å². The molecule has 2 aliphatic rings. The van der Waals surface area contributed by atoms with E-state index in [0.29, 0.717) is 9.23 Å². The number of thiocarbonyl (C=S) groups is 1. The summed E-state index contributed by atoms with van der Waals surface area (Å²) in [4.78, 5) is 12.7. The average Bonchev–Trinajstić information content (AvgIpc) is 3.38. The molecule has 0 aliphatic carbocycles. The van der Waals surface area contributed by atoms with Crippen LogP contribution in [-0.2, 0) is 11.2 Å². The van der Waals surface area contributed by atoms with Gasteiger partial charge in [0.25, 0.3) is 5.91 Å². The number of carbonyl (C=O) groups is 1. The van der Waals surface area contributed by atoms with Crippen molar-refractivity contribution < 1.29 is 9.53 Å². The second-order valence-electron chi connectivity index (χ2n) is 7.02. The molecule has 3 heterocycles. The Morgan fingerprint density at radius 3 is 2.86 bits per heavy atom. The van der Waals surface area contributed by atoms with Crippen molar-refractivity contribution in [2.45, 2.75) is 19.4 Å². The lowest BCUT2D eigenvalue weighted by Gasteiger charge is -2.04. The number of benzene rings is 2. The van der Waals surface area contributed by atoms with E-state index in [4.69, 9.17) is 22.1 Å². The van der Waals surface area contributed by atoms with E-state index in [9.17, 15) is 4.79 Å². The molecule has 0 radical (unpaired) electrons. The molecule has 1 aromatic heterocycles. The number of hydrogen-bond donors (Lipinski definition) is 1. The molecule has 5 nitrogen and oxygen atoms in total. The van der Waals surface area contributed by atoms with Crippen molar-refractivity contribution in [2.75, 3.05) is 0 Å². The Morgan fingerprint density at radius 1 is 1.28 bits per heavy atom. The number of amides is 1. The summed E-state index contributed by atoms with van der Waals surface area (Å²) < 4.78 is 8.14. The lowest BCUT2D eigenvalue weighted by atomic mass is 10.0. The third kappa shape index (κ3) is 3.47. The summed E-state index contributed by atoms with van der Waals surface area (Å²) in [6, 6.07) is 16.1. The Kier molecular flexibility index (Phi) is 4.49. The lowest BCUT2D eigenvalue weighted by Crippen LogP contribution is -2.17. The van der Waals surface area contributed by atoms with E-state index in [2.05, 4.69) is 18.3 Å². The van der Waals surface area contributed by atoms with Crippen LogP contribution in [0.2, 0.25) is 0 Å². The molecule has 1 atom stereocenters. The summed E-state index contributed by atoms with van der Waals surface area (Å²) in [7, 11) is 0. The lowest BCUT2D eigenvalue weighted by molar-refractivity contribution is -0.115. The van der Waals surface area contributed by atoms with Crippen molar-refractivity contribution in [3.05, 3.63) is 70.8 Å². The molecule has 2 aliphatic heterocycles. The third-order valence-corrected chi connectivity index (χ3v) is 6.02. The van der Waals surface area contributed by atoms with Gasteiger partial charge in [-0.15, -0.1) is 0 Å². The van der Waals surface area contributed by atoms with Crippen molar-refractivity contribution in [1.82, 2.24) is 15.1 Å². The molecule has 7 heteroatoms. The summed E-state index contributed by atoms with van der Waals surface area (Å²) in [5, 5.41) is 7.51. The Balaban J connectivity index is 1.63. The van der Waals surface area contributed by atoms with E-state index in [0.717, 1.165) is 34.7 Å². The van der Waals surface area contributed by atoms with E-state index in [1.807, 2.05) is 59.4 Å². The molecule has 5 rings (SSSR count). The van der Waals surface area contributed by atoms with Crippen molar-refractivity contribution in [1.29, 1.82) is 0 Å². The second-order valence-corrected chi connectivity index (χ2v) is 8.74. The van der Waals surface area contributed by atoms with E-state index < -0.39 is 0 Å². The molecule has 3 aromatic rings. The van der Waals surface area contributed by atoms with Crippen LogP contribution in [0.15, 0.2) is 59.6 Å². The molecule has 0 spiro atoms. The molecule has 1 saturated heterocycles. The largest absolute Gasteiger partial charge is 0.490 e. The molecule has 1 unspecified atom stereocenters. The van der Waals surface area contributed by atoms with Crippen molar-refractivity contribution in [3.63, 3.8) is 0 Å². The van der Waals surface area contributed by atoms with Crippen LogP contribution in [0.1, 0.15) is 18.1 Å². The molecular weight excluding hydrogens is 402 g/mol. The van der Waals surface area contributed by atoms with Crippen molar-refractivity contribution in [2.24, 2.45) is 0 Å². The van der Waals surface area contributed by atoms with Gasteiger partial charge < -0.3 is 10.1 Å². The minimum Gasteiger partial charge on any atom is -0.490 e. The number of hydrogen-bond acceptors (Lipinski definition) is 5. The quantitative estimate of drug-likeness (QED) is 0.505. The monoisotopic (exact) mass is 419 g/mol. The maximum atomic E-state index is 12.2. The number of ether oxygens (including phenoxy) is 1. The number of nitrogens with one attached hydrogen (secondary N) is 1. The summed E-state index contributed by atoms with van der Waals surface area (Å²) in [6.45, 7) is 2.07. The van der Waals surface area contributed by atoms with E-state index in [-0.39, 0.29) is 12.0 Å². The normalized spacial score (nSPS) is 19.3. The first-order valence-electron chi connectivity index (χ1n) is 9.27. The highest BCUT2D eigenvalue weighted by Crippen LogP contribution is 2.35. The molecular formula is C22H17N3O2S2. The minimum absolute atomic E-state index is 0.172. The predicted octanol–water partition coefficient (Wildman–Crippen LogP) is 4.35. The SMILES string of the molecule is CC1Cc2cc(-c3nn(-c4ccccc4)cc3/C=C3\SC(=S)NC3=O)ccc2O1. The summed E-state index contributed by atoms with van der Waals surface area (Å²) in [5.74, 6) is 0.759. The first-order valence-corrected chi connectivity index (χ1v) is 10.5. The Morgan fingerprint density at radius 2 is 2.10 bits per heavy atom. The Labute approximate surface area is 177 Å². The minimum atomic E-state index is -0.172. The smallest absolute Gasteiger partial charge is 0.263 e. The number of fused-ring (bicyclic) bond motifs is 1. The summed E-state index contributed by atoms with van der Waals surface area (Å²) in [6.07, 6.45) is 4.86. The van der Waals surface area contributed by atoms with Gasteiger partial charge in [0.15, 0.2) is 0 Å². The van der Waals surface area contributed by atoms with Crippen LogP contribution in [0.25, 0.3) is 23.0 Å². The topological polar surface area (TPSA) is 56.2 Å². The highest BCUT2D eigenvalue weighted by atomic mass is 32.2. The Bertz CT molecular complexity index is 1170. The summed E-state index contributed by atoms with van der Waals surface area (Å²) in [5.41, 5.74) is 4.81. The fourth-order valence-corrected chi connectivity index (χ4v) is 4.60. The molecule has 0 saturated carbocycles. The second kappa shape index (κ2) is 7.17. The van der Waals surface area contributed by atoms with Gasteiger partial charge in [-0.2, -0.15) is 5.10 Å². The van der Waals surface area contributed by atoms with Crippen molar-refractivity contribution >= 4 is 40.3 Å². The molecule has 1 fully saturated rings. The number of carbonyl (C=O) groups excluding carboxylic acids is 1. The predicted molar refractivity (Wildman–Crippen MR) is 119 cm³/mol. The van der Waals surface area contributed by atoms with Gasteiger partial charge in [0.05, 0.1) is 10.6 Å². The Hall–Kier alpha value is -2.90. The molecule has 29 heavy (non-hydrogen) atoms. The van der Waals surface area contributed by atoms with Gasteiger partial charge in [-0.05, 0) is 48.9 Å². The molecule has 2 aromatic carbocycles. The molecule has 144 valence electrons. The van der Waals surface area contributed by atoms with E-state index >= 15 is 0 Å². The number of nitrogens with zero attached hydrogens (tertiary/aromatic N) is 2. The van der Waals surface area contributed by atoms with Crippen LogP contribution in [0, 0.1) is 0 Å². The van der Waals surface area contributed by atoms with Gasteiger partial charge in [0.2, 0.25) is 0 Å². The first kappa shape index (κ1) is 18.1. The third-order valence-electron chi connectivity index (χ3n) is 4.86. The van der Waals surface area contributed by atoms with E-state index in [1.165, 1.54) is 17.3 Å². The van der Waals surface area contributed by atoms with E-state index in [1.54, 1.807) is 0 Å². The van der Waals surface area contributed by atoms with Gasteiger partial charge in [0, 0.05) is 23.7 Å². The number of para-hydroxylation sites is 1. The highest BCUT2D eigenvalue weighted by molar-refractivity contribution is 8.26. The van der Waals surface area contributed by atoms with Crippen LogP contribution >= 0.6 is 24.0 Å². The summed E-state index contributed by atoms with van der Waals surface area (Å²) >= 11 is 6.39. The zero-order chi connectivity index (χ0) is 20.0. The maximum Gasteiger partial charge on any atom is 0.263 e. The zero-order valence-corrected chi connectivity index (χ0v) is 17.2. The fourth-order valence-electron chi connectivity index (χ4n) is 3.56. The average molecular weight is 420 g/mol.